The smallest absolute Gasteiger partial charge is 0.311 e. The normalized spacial score (nSPS) is 12.9. The van der Waals surface area contributed by atoms with Gasteiger partial charge in [-0.2, -0.15) is 0 Å². The van der Waals surface area contributed by atoms with Crippen molar-refractivity contribution < 1.29 is 9.90 Å². The zero-order valence-corrected chi connectivity index (χ0v) is 8.69. The molecule has 0 saturated carbocycles. The Morgan fingerprint density at radius 1 is 1.43 bits per heavy atom. The van der Waals surface area contributed by atoms with Gasteiger partial charge in [0.2, 0.25) is 5.28 Å². The maximum atomic E-state index is 10.9. The zero-order valence-electron chi connectivity index (χ0n) is 7.94. The quantitative estimate of drug-likeness (QED) is 0.782. The van der Waals surface area contributed by atoms with E-state index in [2.05, 4.69) is 9.97 Å². The van der Waals surface area contributed by atoms with Crippen molar-refractivity contribution in [2.24, 2.45) is 5.92 Å². The number of hydrogen-bond donors (Lipinski definition) is 1. The van der Waals surface area contributed by atoms with Crippen LogP contribution in [0.2, 0.25) is 5.28 Å². The van der Waals surface area contributed by atoms with E-state index in [1.165, 1.54) is 12.4 Å². The SMILES string of the molecule is CC(C)C(C(=O)O)c1cnc(Cl)nc1. The van der Waals surface area contributed by atoms with E-state index in [0.717, 1.165) is 0 Å². The van der Waals surface area contributed by atoms with Crippen LogP contribution in [-0.4, -0.2) is 21.0 Å². The summed E-state index contributed by atoms with van der Waals surface area (Å²) in [6.45, 7) is 3.68. The minimum Gasteiger partial charge on any atom is -0.481 e. The van der Waals surface area contributed by atoms with Gasteiger partial charge in [-0.05, 0) is 17.5 Å². The number of aromatic nitrogens is 2. The third kappa shape index (κ3) is 2.42. The highest BCUT2D eigenvalue weighted by molar-refractivity contribution is 6.28. The van der Waals surface area contributed by atoms with E-state index in [1.54, 1.807) is 0 Å². The molecule has 1 unspecified atom stereocenters. The summed E-state index contributed by atoms with van der Waals surface area (Å²) in [4.78, 5) is 18.4. The van der Waals surface area contributed by atoms with E-state index in [4.69, 9.17) is 16.7 Å². The highest BCUT2D eigenvalue weighted by Crippen LogP contribution is 2.23. The Bertz CT molecular complexity index is 324. The largest absolute Gasteiger partial charge is 0.481 e. The Hall–Kier alpha value is -1.16. The number of carbonyl (C=O) groups is 1. The van der Waals surface area contributed by atoms with E-state index in [0.29, 0.717) is 5.56 Å². The zero-order chi connectivity index (χ0) is 10.7. The molecule has 1 aromatic heterocycles. The predicted octanol–water partition coefficient (Wildman–Crippen LogP) is 1.95. The fraction of sp³-hybridized carbons (Fsp3) is 0.444. The first kappa shape index (κ1) is 10.9. The standard InChI is InChI=1S/C9H11ClN2O2/c1-5(2)7(8(13)14)6-3-11-9(10)12-4-6/h3-5,7H,1-2H3,(H,13,14). The Balaban J connectivity index is 3.00. The van der Waals surface area contributed by atoms with Crippen LogP contribution in [0, 0.1) is 5.92 Å². The lowest BCUT2D eigenvalue weighted by molar-refractivity contribution is -0.139. The van der Waals surface area contributed by atoms with Crippen molar-refractivity contribution in [3.8, 4) is 0 Å². The third-order valence-electron chi connectivity index (χ3n) is 1.93. The summed E-state index contributed by atoms with van der Waals surface area (Å²) in [6, 6.07) is 0. The summed E-state index contributed by atoms with van der Waals surface area (Å²) in [6.07, 6.45) is 2.90. The molecule has 1 heterocycles. The highest BCUT2D eigenvalue weighted by atomic mass is 35.5. The molecule has 4 nitrogen and oxygen atoms in total. The van der Waals surface area contributed by atoms with Gasteiger partial charge in [-0.15, -0.1) is 0 Å². The number of halogens is 1. The van der Waals surface area contributed by atoms with E-state index >= 15 is 0 Å². The second-order valence-electron chi connectivity index (χ2n) is 3.35. The van der Waals surface area contributed by atoms with Crippen LogP contribution < -0.4 is 0 Å². The molecule has 0 aliphatic rings. The van der Waals surface area contributed by atoms with Gasteiger partial charge in [0.15, 0.2) is 0 Å². The van der Waals surface area contributed by atoms with Crippen LogP contribution in [0.25, 0.3) is 0 Å². The van der Waals surface area contributed by atoms with Crippen LogP contribution >= 0.6 is 11.6 Å². The van der Waals surface area contributed by atoms with Gasteiger partial charge in [0.05, 0.1) is 5.92 Å². The lowest BCUT2D eigenvalue weighted by Crippen LogP contribution is -2.17. The molecule has 0 bridgehead atoms. The number of hydrogen-bond acceptors (Lipinski definition) is 3. The first-order valence-electron chi connectivity index (χ1n) is 4.22. The molecular weight excluding hydrogens is 204 g/mol. The molecule has 5 heteroatoms. The maximum absolute atomic E-state index is 10.9. The van der Waals surface area contributed by atoms with Gasteiger partial charge in [0.25, 0.3) is 0 Å². The van der Waals surface area contributed by atoms with Gasteiger partial charge in [-0.25, -0.2) is 9.97 Å². The van der Waals surface area contributed by atoms with Crippen LogP contribution in [0.5, 0.6) is 0 Å². The van der Waals surface area contributed by atoms with Gasteiger partial charge in [0.1, 0.15) is 0 Å². The van der Waals surface area contributed by atoms with Gasteiger partial charge in [0, 0.05) is 18.0 Å². The van der Waals surface area contributed by atoms with Crippen molar-refractivity contribution in [2.45, 2.75) is 19.8 Å². The summed E-state index contributed by atoms with van der Waals surface area (Å²) in [5.41, 5.74) is 0.580. The molecule has 14 heavy (non-hydrogen) atoms. The fourth-order valence-corrected chi connectivity index (χ4v) is 1.39. The number of rotatable bonds is 3. The van der Waals surface area contributed by atoms with Crippen LogP contribution in [0.3, 0.4) is 0 Å². The second kappa shape index (κ2) is 4.37. The van der Waals surface area contributed by atoms with Crippen molar-refractivity contribution in [1.82, 2.24) is 9.97 Å². The first-order chi connectivity index (χ1) is 6.52. The van der Waals surface area contributed by atoms with E-state index < -0.39 is 11.9 Å². The average molecular weight is 215 g/mol. The molecule has 1 rings (SSSR count). The fourth-order valence-electron chi connectivity index (χ4n) is 1.30. The average Bonchev–Trinajstić information content (AvgIpc) is 2.07. The number of nitrogens with zero attached hydrogens (tertiary/aromatic N) is 2. The Morgan fingerprint density at radius 2 is 1.93 bits per heavy atom. The van der Waals surface area contributed by atoms with Crippen molar-refractivity contribution in [1.29, 1.82) is 0 Å². The van der Waals surface area contributed by atoms with Crippen LogP contribution in [0.4, 0.5) is 0 Å². The lowest BCUT2D eigenvalue weighted by atomic mass is 9.90. The number of carboxylic acid groups (broad SMARTS) is 1. The van der Waals surface area contributed by atoms with E-state index in [9.17, 15) is 4.79 Å². The van der Waals surface area contributed by atoms with Crippen LogP contribution in [0.15, 0.2) is 12.4 Å². The monoisotopic (exact) mass is 214 g/mol. The van der Waals surface area contributed by atoms with E-state index in [-0.39, 0.29) is 11.2 Å². The third-order valence-corrected chi connectivity index (χ3v) is 2.13. The summed E-state index contributed by atoms with van der Waals surface area (Å²) in [7, 11) is 0. The molecule has 0 aliphatic carbocycles. The van der Waals surface area contributed by atoms with Crippen LogP contribution in [0.1, 0.15) is 25.3 Å². The Labute approximate surface area is 87.0 Å². The van der Waals surface area contributed by atoms with Crippen LogP contribution in [-0.2, 0) is 4.79 Å². The minimum absolute atomic E-state index is 0.00252. The Morgan fingerprint density at radius 3 is 2.29 bits per heavy atom. The van der Waals surface area contributed by atoms with Crippen molar-refractivity contribution in [3.63, 3.8) is 0 Å². The number of carboxylic acids is 1. The molecule has 0 aromatic carbocycles. The number of aliphatic carboxylic acids is 1. The first-order valence-corrected chi connectivity index (χ1v) is 4.60. The molecule has 76 valence electrons. The van der Waals surface area contributed by atoms with Gasteiger partial charge in [-0.1, -0.05) is 13.8 Å². The van der Waals surface area contributed by atoms with Crippen molar-refractivity contribution in [2.75, 3.05) is 0 Å². The van der Waals surface area contributed by atoms with Gasteiger partial charge in [-0.3, -0.25) is 4.79 Å². The molecule has 1 N–H and O–H groups in total. The Kier molecular flexibility index (Phi) is 3.41. The topological polar surface area (TPSA) is 63.1 Å². The minimum atomic E-state index is -0.870. The molecule has 0 fully saturated rings. The summed E-state index contributed by atoms with van der Waals surface area (Å²) in [5.74, 6) is -1.45. The highest BCUT2D eigenvalue weighted by Gasteiger charge is 2.24. The van der Waals surface area contributed by atoms with Crippen molar-refractivity contribution >= 4 is 17.6 Å². The molecule has 0 spiro atoms. The van der Waals surface area contributed by atoms with Gasteiger partial charge >= 0.3 is 5.97 Å². The summed E-state index contributed by atoms with van der Waals surface area (Å²) in [5, 5.41) is 9.10. The van der Waals surface area contributed by atoms with Crippen molar-refractivity contribution in [3.05, 3.63) is 23.2 Å². The molecule has 0 radical (unpaired) electrons. The molecule has 0 aliphatic heterocycles. The van der Waals surface area contributed by atoms with Gasteiger partial charge < -0.3 is 5.11 Å². The predicted molar refractivity (Wildman–Crippen MR) is 52.3 cm³/mol. The summed E-state index contributed by atoms with van der Waals surface area (Å²) >= 11 is 5.51. The molecule has 0 amide bonds. The molecular formula is C9H11ClN2O2. The second-order valence-corrected chi connectivity index (χ2v) is 3.68. The van der Waals surface area contributed by atoms with E-state index in [1.807, 2.05) is 13.8 Å². The molecule has 0 saturated heterocycles. The molecule has 1 atom stereocenters. The molecule has 1 aromatic rings. The summed E-state index contributed by atoms with van der Waals surface area (Å²) < 4.78 is 0. The lowest BCUT2D eigenvalue weighted by Gasteiger charge is -2.15. The maximum Gasteiger partial charge on any atom is 0.311 e.